The van der Waals surface area contributed by atoms with Gasteiger partial charge in [-0.2, -0.15) is 5.10 Å². The summed E-state index contributed by atoms with van der Waals surface area (Å²) in [5.74, 6) is 1.18. The highest BCUT2D eigenvalue weighted by molar-refractivity contribution is 8.18. The smallest absolute Gasteiger partial charge is 0.267 e. The number of para-hydroxylation sites is 1. The standard InChI is InChI=1S/C22H18N4O3S/c1-28-19-9-3-2-7-17(19)12-20-21(27)26(15-18-8-5-11-29-18)22(30-20)25-24-14-16-6-4-10-23-13-16/h2-14H,15H2,1H3/b20-12-,24-14+,25-22-. The summed E-state index contributed by atoms with van der Waals surface area (Å²) in [6, 6.07) is 14.8. The molecule has 2 aromatic heterocycles. The molecule has 4 rings (SSSR count). The normalized spacial score (nSPS) is 16.8. The van der Waals surface area contributed by atoms with E-state index >= 15 is 0 Å². The Labute approximate surface area is 177 Å². The molecule has 1 amide bonds. The Morgan fingerprint density at radius 1 is 1.20 bits per heavy atom. The van der Waals surface area contributed by atoms with Crippen LogP contribution in [-0.2, 0) is 11.3 Å². The Morgan fingerprint density at radius 2 is 2.10 bits per heavy atom. The number of amidine groups is 1. The van der Waals surface area contributed by atoms with Crippen LogP contribution in [0.2, 0.25) is 0 Å². The highest BCUT2D eigenvalue weighted by Crippen LogP contribution is 2.35. The van der Waals surface area contributed by atoms with Crippen LogP contribution in [0.15, 0.2) is 86.7 Å². The van der Waals surface area contributed by atoms with Gasteiger partial charge in [0.1, 0.15) is 11.5 Å². The number of ether oxygens (including phenoxy) is 1. The number of hydrogen-bond acceptors (Lipinski definition) is 7. The number of furan rings is 1. The second-order valence-electron chi connectivity index (χ2n) is 6.24. The Balaban J connectivity index is 1.64. The van der Waals surface area contributed by atoms with Crippen LogP contribution >= 0.6 is 11.8 Å². The third-order valence-electron chi connectivity index (χ3n) is 4.24. The average Bonchev–Trinajstić information content (AvgIpc) is 3.39. The summed E-state index contributed by atoms with van der Waals surface area (Å²) in [7, 11) is 1.60. The number of benzene rings is 1. The van der Waals surface area contributed by atoms with Crippen molar-refractivity contribution < 1.29 is 13.9 Å². The molecule has 3 heterocycles. The minimum absolute atomic E-state index is 0.169. The van der Waals surface area contributed by atoms with E-state index < -0.39 is 0 Å². The van der Waals surface area contributed by atoms with Crippen molar-refractivity contribution in [3.63, 3.8) is 0 Å². The van der Waals surface area contributed by atoms with E-state index in [1.54, 1.807) is 49.0 Å². The van der Waals surface area contributed by atoms with Gasteiger partial charge in [0.15, 0.2) is 5.17 Å². The first kappa shape index (κ1) is 19.7. The van der Waals surface area contributed by atoms with Crippen LogP contribution in [0.4, 0.5) is 0 Å². The van der Waals surface area contributed by atoms with Gasteiger partial charge in [-0.1, -0.05) is 24.3 Å². The number of carbonyl (C=O) groups excluding carboxylic acids is 1. The van der Waals surface area contributed by atoms with Gasteiger partial charge in [0, 0.05) is 23.5 Å². The molecule has 150 valence electrons. The molecule has 0 bridgehead atoms. The number of carbonyl (C=O) groups is 1. The van der Waals surface area contributed by atoms with Gasteiger partial charge in [-0.15, -0.1) is 5.10 Å². The van der Waals surface area contributed by atoms with Gasteiger partial charge in [-0.25, -0.2) is 0 Å². The zero-order valence-corrected chi connectivity index (χ0v) is 17.0. The molecule has 1 saturated heterocycles. The lowest BCUT2D eigenvalue weighted by molar-refractivity contribution is -0.122. The highest BCUT2D eigenvalue weighted by atomic mass is 32.2. The number of thioether (sulfide) groups is 1. The van der Waals surface area contributed by atoms with Crippen LogP contribution in [0, 0.1) is 0 Å². The molecular weight excluding hydrogens is 400 g/mol. The predicted octanol–water partition coefficient (Wildman–Crippen LogP) is 4.19. The number of amides is 1. The van der Waals surface area contributed by atoms with E-state index in [2.05, 4.69) is 15.2 Å². The maximum absolute atomic E-state index is 13.1. The van der Waals surface area contributed by atoms with Crippen molar-refractivity contribution >= 4 is 35.1 Å². The maximum Gasteiger partial charge on any atom is 0.267 e. The van der Waals surface area contributed by atoms with Crippen molar-refractivity contribution in [2.45, 2.75) is 6.54 Å². The second-order valence-corrected chi connectivity index (χ2v) is 7.25. The van der Waals surface area contributed by atoms with E-state index in [9.17, 15) is 4.79 Å². The van der Waals surface area contributed by atoms with Crippen molar-refractivity contribution in [3.05, 3.63) is 89.0 Å². The number of nitrogens with zero attached hydrogens (tertiary/aromatic N) is 4. The SMILES string of the molecule is COc1ccccc1/C=C1\S/C(=N\N=C\c2cccnc2)N(Cc2ccco2)C1=O. The first-order valence-corrected chi connectivity index (χ1v) is 9.94. The maximum atomic E-state index is 13.1. The molecule has 0 saturated carbocycles. The largest absolute Gasteiger partial charge is 0.496 e. The summed E-state index contributed by atoms with van der Waals surface area (Å²) in [5.41, 5.74) is 1.63. The van der Waals surface area contributed by atoms with E-state index in [4.69, 9.17) is 9.15 Å². The molecule has 3 aromatic rings. The van der Waals surface area contributed by atoms with E-state index in [1.165, 1.54) is 11.8 Å². The first-order valence-electron chi connectivity index (χ1n) is 9.12. The van der Waals surface area contributed by atoms with Crippen LogP contribution in [0.3, 0.4) is 0 Å². The van der Waals surface area contributed by atoms with E-state index in [-0.39, 0.29) is 12.5 Å². The van der Waals surface area contributed by atoms with Gasteiger partial charge in [0.25, 0.3) is 5.91 Å². The Hall–Kier alpha value is -3.65. The molecule has 1 fully saturated rings. The summed E-state index contributed by atoms with van der Waals surface area (Å²) in [4.78, 5) is 19.2. The molecular formula is C22H18N4O3S. The molecule has 8 heteroatoms. The van der Waals surface area contributed by atoms with Crippen molar-refractivity contribution in [1.82, 2.24) is 9.88 Å². The lowest BCUT2D eigenvalue weighted by atomic mass is 10.2. The van der Waals surface area contributed by atoms with Gasteiger partial charge in [-0.3, -0.25) is 14.7 Å². The summed E-state index contributed by atoms with van der Waals surface area (Å²) in [6.07, 6.45) is 8.34. The van der Waals surface area contributed by atoms with Crippen LogP contribution in [0.5, 0.6) is 5.75 Å². The number of pyridine rings is 1. The zero-order valence-electron chi connectivity index (χ0n) is 16.1. The number of hydrogen-bond donors (Lipinski definition) is 0. The highest BCUT2D eigenvalue weighted by Gasteiger charge is 2.34. The van der Waals surface area contributed by atoms with Gasteiger partial charge < -0.3 is 9.15 Å². The van der Waals surface area contributed by atoms with Gasteiger partial charge in [0.2, 0.25) is 0 Å². The van der Waals surface area contributed by atoms with E-state index in [0.717, 1.165) is 11.1 Å². The van der Waals surface area contributed by atoms with E-state index in [1.807, 2.05) is 42.5 Å². The fourth-order valence-electron chi connectivity index (χ4n) is 2.80. The molecule has 0 spiro atoms. The van der Waals surface area contributed by atoms with Crippen LogP contribution < -0.4 is 4.74 Å². The van der Waals surface area contributed by atoms with Crippen LogP contribution in [-0.4, -0.2) is 34.3 Å². The van der Waals surface area contributed by atoms with Crippen LogP contribution in [0.1, 0.15) is 16.9 Å². The van der Waals surface area contributed by atoms with Crippen molar-refractivity contribution in [1.29, 1.82) is 0 Å². The fraction of sp³-hybridized carbons (Fsp3) is 0.0909. The lowest BCUT2D eigenvalue weighted by Gasteiger charge is -2.12. The Kier molecular flexibility index (Phi) is 6.05. The Morgan fingerprint density at radius 3 is 2.87 bits per heavy atom. The minimum atomic E-state index is -0.169. The van der Waals surface area contributed by atoms with E-state index in [0.29, 0.717) is 21.6 Å². The second kappa shape index (κ2) is 9.23. The van der Waals surface area contributed by atoms with Gasteiger partial charge in [-0.05, 0) is 42.1 Å². The monoisotopic (exact) mass is 418 g/mol. The Bertz CT molecular complexity index is 1110. The third kappa shape index (κ3) is 4.49. The molecule has 0 unspecified atom stereocenters. The summed E-state index contributed by atoms with van der Waals surface area (Å²) in [5, 5.41) is 8.89. The number of methoxy groups -OCH3 is 1. The molecule has 1 aliphatic rings. The predicted molar refractivity (Wildman–Crippen MR) is 117 cm³/mol. The molecule has 1 aliphatic heterocycles. The molecule has 1 aromatic carbocycles. The van der Waals surface area contributed by atoms with Crippen LogP contribution in [0.25, 0.3) is 6.08 Å². The molecule has 30 heavy (non-hydrogen) atoms. The van der Waals surface area contributed by atoms with Crippen molar-refractivity contribution in [3.8, 4) is 5.75 Å². The fourth-order valence-corrected chi connectivity index (χ4v) is 3.73. The number of aromatic nitrogens is 1. The quantitative estimate of drug-likeness (QED) is 0.341. The molecule has 0 radical (unpaired) electrons. The first-order chi connectivity index (χ1) is 14.7. The van der Waals surface area contributed by atoms with Gasteiger partial charge >= 0.3 is 0 Å². The van der Waals surface area contributed by atoms with Gasteiger partial charge in [0.05, 0.1) is 31.0 Å². The average molecular weight is 418 g/mol. The molecule has 0 atom stereocenters. The summed E-state index contributed by atoms with van der Waals surface area (Å²) in [6.45, 7) is 0.267. The molecule has 0 N–H and O–H groups in total. The minimum Gasteiger partial charge on any atom is -0.496 e. The summed E-state index contributed by atoms with van der Waals surface area (Å²) >= 11 is 1.26. The van der Waals surface area contributed by atoms with Crippen molar-refractivity contribution in [2.24, 2.45) is 10.2 Å². The number of rotatable bonds is 6. The molecule has 0 aliphatic carbocycles. The topological polar surface area (TPSA) is 80.3 Å². The lowest BCUT2D eigenvalue weighted by Crippen LogP contribution is -2.28. The zero-order chi connectivity index (χ0) is 20.8. The van der Waals surface area contributed by atoms with Crippen molar-refractivity contribution in [2.75, 3.05) is 7.11 Å². The summed E-state index contributed by atoms with van der Waals surface area (Å²) < 4.78 is 10.8. The molecule has 7 nitrogen and oxygen atoms in total. The third-order valence-corrected chi connectivity index (χ3v) is 5.24.